The van der Waals surface area contributed by atoms with Gasteiger partial charge in [0.05, 0.1) is 41.5 Å². The van der Waals surface area contributed by atoms with Gasteiger partial charge in [0.15, 0.2) is 30.9 Å². The summed E-state index contributed by atoms with van der Waals surface area (Å²) in [5, 5.41) is 28.5. The summed E-state index contributed by atoms with van der Waals surface area (Å²) in [6, 6.07) is 9.79. The number of alkyl carbamates (subject to hydrolysis) is 5. The summed E-state index contributed by atoms with van der Waals surface area (Å²) in [6.07, 6.45) is -21.1. The normalized spacial score (nSPS) is 25.6. The van der Waals surface area contributed by atoms with Gasteiger partial charge in [-0.25, -0.2) is 33.6 Å². The molecule has 92 heavy (non-hydrogen) atoms. The van der Waals surface area contributed by atoms with Crippen molar-refractivity contribution in [2.45, 2.75) is 263 Å². The average molecular weight is 1300 g/mol. The number of ether oxygens (including phenoxy) is 12. The second-order valence-electron chi connectivity index (χ2n) is 27.5. The summed E-state index contributed by atoms with van der Waals surface area (Å²) < 4.78 is 73.4. The Kier molecular flexibility index (Phi) is 26.4. The van der Waals surface area contributed by atoms with Crippen molar-refractivity contribution < 1.29 is 105 Å². The Morgan fingerprint density at radius 1 is 0.522 bits per heavy atom. The van der Waals surface area contributed by atoms with E-state index in [1.165, 1.54) is 24.3 Å². The molecule has 6 amide bonds. The lowest BCUT2D eigenvalue weighted by molar-refractivity contribution is -0.314. The number of benzene rings is 2. The van der Waals surface area contributed by atoms with Gasteiger partial charge in [-0.1, -0.05) is 43.3 Å². The highest BCUT2D eigenvalue weighted by Crippen LogP contribution is 2.37. The van der Waals surface area contributed by atoms with E-state index in [4.69, 9.17) is 56.8 Å². The molecule has 2 aromatic carbocycles. The summed E-state index contributed by atoms with van der Waals surface area (Å²) in [6.45, 7) is 26.9. The first kappa shape index (κ1) is 75.2. The maximum Gasteiger partial charge on any atom is 0.408 e. The number of carbonyl (C=O) groups excluding carboxylic acids is 9. The third kappa shape index (κ3) is 25.2. The minimum Gasteiger partial charge on any atom is -0.457 e. The van der Waals surface area contributed by atoms with Gasteiger partial charge in [-0.3, -0.25) is 9.59 Å². The number of nitrogens with one attached hydrogen (secondary N) is 6. The van der Waals surface area contributed by atoms with E-state index in [9.17, 15) is 43.5 Å². The quantitative estimate of drug-likeness (QED) is 0.0511. The van der Waals surface area contributed by atoms with E-state index in [1.807, 2.05) is 0 Å². The van der Waals surface area contributed by atoms with E-state index in [0.717, 1.165) is 6.92 Å². The van der Waals surface area contributed by atoms with Crippen molar-refractivity contribution >= 4 is 54.3 Å². The maximum absolute atomic E-state index is 15.3. The largest absolute Gasteiger partial charge is 0.457 e. The lowest BCUT2D eigenvalue weighted by Crippen LogP contribution is -2.71. The molecule has 6 unspecified atom stereocenters. The fourth-order valence-corrected chi connectivity index (χ4v) is 9.94. The van der Waals surface area contributed by atoms with E-state index >= 15 is 4.79 Å². The predicted molar refractivity (Wildman–Crippen MR) is 329 cm³/mol. The average Bonchev–Trinajstić information content (AvgIpc) is 0.769. The van der Waals surface area contributed by atoms with Gasteiger partial charge in [0.25, 0.3) is 5.91 Å². The van der Waals surface area contributed by atoms with Crippen LogP contribution in [0, 0.1) is 0 Å². The first-order chi connectivity index (χ1) is 42.7. The highest BCUT2D eigenvalue weighted by atomic mass is 16.7. The number of esters is 3. The van der Waals surface area contributed by atoms with Crippen LogP contribution in [0.25, 0.3) is 0 Å². The fourth-order valence-electron chi connectivity index (χ4n) is 9.94. The van der Waals surface area contributed by atoms with Crippen LogP contribution in [0.2, 0.25) is 0 Å². The number of hydrogen-bond donors (Lipinski definition) is 7. The van der Waals surface area contributed by atoms with Crippen molar-refractivity contribution in [1.29, 1.82) is 0 Å². The van der Waals surface area contributed by atoms with Crippen molar-refractivity contribution in [3.05, 3.63) is 71.8 Å². The molecule has 3 aliphatic rings. The van der Waals surface area contributed by atoms with Gasteiger partial charge >= 0.3 is 48.4 Å². The molecule has 2 aliphatic heterocycles. The van der Waals surface area contributed by atoms with E-state index in [0.29, 0.717) is 0 Å². The van der Waals surface area contributed by atoms with Crippen LogP contribution in [-0.4, -0.2) is 186 Å². The van der Waals surface area contributed by atoms with Gasteiger partial charge in [-0.05, 0) is 154 Å². The summed E-state index contributed by atoms with van der Waals surface area (Å²) in [5.41, 5.74) is -4.87. The number of amides is 6. The SMILES string of the molecule is CCC1O[C@H](O[C@@H]2C(OC(C)=O)C(O[C@H]3OC(CNC(=O)OC(C)(C)C)CCC3NC(=O)OC(C)(C)C)[C@@H](NC(=O)OC(C)(C)C)C[C@H]2NC(=O)[C@H](CCNC(=O)OC(C)(C)C)OC(=O)c2ccccc2)C(OC(=O)c2ccccc2)[C@@H](NC(=O)OC(C)(C)C)[C@@H]1O. The molecule has 2 heterocycles. The van der Waals surface area contributed by atoms with Gasteiger partial charge in [-0.15, -0.1) is 0 Å². The molecule has 1 saturated carbocycles. The first-order valence-electron chi connectivity index (χ1n) is 30.9. The Balaban J connectivity index is 1.75. The topological polar surface area (TPSA) is 357 Å². The Bertz CT molecular complexity index is 2810. The Hall–Kier alpha value is -7.53. The molecule has 0 bridgehead atoms. The highest BCUT2D eigenvalue weighted by Gasteiger charge is 2.56. The van der Waals surface area contributed by atoms with Crippen LogP contribution in [0.15, 0.2) is 60.7 Å². The molecule has 0 radical (unpaired) electrons. The Morgan fingerprint density at radius 3 is 1.48 bits per heavy atom. The molecule has 0 aromatic heterocycles. The van der Waals surface area contributed by atoms with E-state index in [-0.39, 0.29) is 49.9 Å². The monoisotopic (exact) mass is 1300 g/mol. The van der Waals surface area contributed by atoms with Crippen LogP contribution in [0.5, 0.6) is 0 Å². The summed E-state index contributed by atoms with van der Waals surface area (Å²) in [7, 11) is 0. The highest BCUT2D eigenvalue weighted by molar-refractivity contribution is 5.92. The second-order valence-corrected chi connectivity index (χ2v) is 27.5. The minimum absolute atomic E-state index is 0.0263. The molecule has 0 spiro atoms. The van der Waals surface area contributed by atoms with Crippen molar-refractivity contribution in [1.82, 2.24) is 31.9 Å². The van der Waals surface area contributed by atoms with Gasteiger partial charge in [-0.2, -0.15) is 0 Å². The third-order valence-electron chi connectivity index (χ3n) is 13.5. The molecule has 7 N–H and O–H groups in total. The zero-order valence-electron chi connectivity index (χ0n) is 55.8. The van der Waals surface area contributed by atoms with E-state index in [2.05, 4.69) is 31.9 Å². The smallest absolute Gasteiger partial charge is 0.408 e. The van der Waals surface area contributed by atoms with Gasteiger partial charge in [0.2, 0.25) is 0 Å². The molecular weight excluding hydrogens is 1200 g/mol. The molecule has 2 aromatic rings. The lowest BCUT2D eigenvalue weighted by atomic mass is 9.82. The Labute approximate surface area is 537 Å². The molecule has 5 rings (SSSR count). The standard InChI is InChI=1S/C64H96N6O22/c1-18-42-45(72)44(70-59(80)92-64(15,16)17)48(85-52(75)37-27-23-20-24-28-37)54(84-42)87-46-40(67-50(73)43(31-32-65-55(76)88-60(3,4)5)83-51(74)36-25-21-19-22-26-36)33-41(69-58(79)91-63(12,13)14)47(49(46)81-35(2)71)86-53-39(68-57(78)90-62(9,10)11)30-29-38(82-53)34-66-56(77)89-61(6,7)8/h19-28,38-49,53-54,72H,18,29-34H2,1-17H3,(H,65,76)(H,66,77)(H,67,73)(H,68,78)(H,69,79)(H,70,80)/t38?,39?,40-,41+,42?,43+,44+,45-,46+,47?,48?,49?,53-,54-/m1/s1. The van der Waals surface area contributed by atoms with Crippen LogP contribution in [-0.2, 0) is 66.4 Å². The van der Waals surface area contributed by atoms with E-state index in [1.54, 1.807) is 147 Å². The van der Waals surface area contributed by atoms with Crippen LogP contribution < -0.4 is 31.9 Å². The third-order valence-corrected chi connectivity index (χ3v) is 13.5. The lowest BCUT2D eigenvalue weighted by Gasteiger charge is -2.50. The zero-order chi connectivity index (χ0) is 68.7. The molecule has 28 nitrogen and oxygen atoms in total. The zero-order valence-corrected chi connectivity index (χ0v) is 55.8. The summed E-state index contributed by atoms with van der Waals surface area (Å²) >= 11 is 0. The van der Waals surface area contributed by atoms with Crippen LogP contribution in [0.1, 0.15) is 171 Å². The van der Waals surface area contributed by atoms with Crippen LogP contribution in [0.4, 0.5) is 24.0 Å². The molecule has 514 valence electrons. The summed E-state index contributed by atoms with van der Waals surface area (Å²) in [4.78, 5) is 125. The second kappa shape index (κ2) is 32.4. The van der Waals surface area contributed by atoms with Gasteiger partial charge < -0.3 is 93.8 Å². The van der Waals surface area contributed by atoms with Crippen molar-refractivity contribution in [3.63, 3.8) is 0 Å². The fraction of sp³-hybridized carbons (Fsp3) is 0.672. The molecule has 28 heteroatoms. The maximum atomic E-state index is 15.3. The summed E-state index contributed by atoms with van der Waals surface area (Å²) in [5.74, 6) is -3.92. The number of aliphatic hydroxyl groups excluding tert-OH is 1. The molecule has 3 fully saturated rings. The van der Waals surface area contributed by atoms with Crippen molar-refractivity contribution in [2.24, 2.45) is 0 Å². The Morgan fingerprint density at radius 2 is 0.978 bits per heavy atom. The first-order valence-corrected chi connectivity index (χ1v) is 30.9. The number of hydrogen-bond acceptors (Lipinski definition) is 22. The molecule has 2 saturated heterocycles. The minimum atomic E-state index is -1.89. The predicted octanol–water partition coefficient (Wildman–Crippen LogP) is 7.15. The molecular formula is C64H96N6O22. The molecule has 14 atom stereocenters. The number of rotatable bonds is 20. The molecule has 1 aliphatic carbocycles. The van der Waals surface area contributed by atoms with Crippen LogP contribution in [0.3, 0.4) is 0 Å². The van der Waals surface area contributed by atoms with Crippen molar-refractivity contribution in [2.75, 3.05) is 13.1 Å². The van der Waals surface area contributed by atoms with Crippen LogP contribution >= 0.6 is 0 Å². The number of aliphatic hydroxyl groups is 1. The van der Waals surface area contributed by atoms with Gasteiger partial charge in [0.1, 0.15) is 52.4 Å². The van der Waals surface area contributed by atoms with E-state index < -0.39 is 174 Å². The van der Waals surface area contributed by atoms with Gasteiger partial charge in [0, 0.05) is 26.4 Å². The van der Waals surface area contributed by atoms with Crippen molar-refractivity contribution in [3.8, 4) is 0 Å². The number of carbonyl (C=O) groups is 9.